The van der Waals surface area contributed by atoms with E-state index in [-0.39, 0.29) is 5.97 Å². The monoisotopic (exact) mass is 435 g/mol. The lowest BCUT2D eigenvalue weighted by Gasteiger charge is -2.21. The molecule has 31 heavy (non-hydrogen) atoms. The minimum absolute atomic E-state index is 0.0749. The Kier molecular flexibility index (Phi) is 21.3. The average Bonchev–Trinajstić information content (AvgIpc) is 2.72. The summed E-state index contributed by atoms with van der Waals surface area (Å²) in [5, 5.41) is 0. The molecule has 0 aromatic rings. The summed E-state index contributed by atoms with van der Waals surface area (Å²) in [6.07, 6.45) is 20.5. The van der Waals surface area contributed by atoms with E-state index in [4.69, 9.17) is 4.74 Å². The van der Waals surface area contributed by atoms with Crippen LogP contribution >= 0.6 is 0 Å². The number of nitrogens with zero attached hydrogens (tertiary/aromatic N) is 1. The van der Waals surface area contributed by atoms with Gasteiger partial charge < -0.3 is 4.74 Å². The van der Waals surface area contributed by atoms with Crippen molar-refractivity contribution in [3.63, 3.8) is 0 Å². The van der Waals surface area contributed by atoms with Crippen LogP contribution in [0.1, 0.15) is 124 Å². The van der Waals surface area contributed by atoms with Crippen molar-refractivity contribution in [1.82, 2.24) is 4.90 Å². The Bertz CT molecular complexity index is 450. The maximum atomic E-state index is 12.4. The molecule has 0 amide bonds. The summed E-state index contributed by atoms with van der Waals surface area (Å²) in [5.41, 5.74) is 2.51. The van der Waals surface area contributed by atoms with E-state index in [0.29, 0.717) is 13.2 Å². The van der Waals surface area contributed by atoms with E-state index in [9.17, 15) is 4.79 Å². The molecule has 0 fully saturated rings. The summed E-state index contributed by atoms with van der Waals surface area (Å²) < 4.78 is 5.53. The van der Waals surface area contributed by atoms with Crippen molar-refractivity contribution < 1.29 is 9.53 Å². The summed E-state index contributed by atoms with van der Waals surface area (Å²) in [7, 11) is 0. The molecule has 0 aliphatic rings. The zero-order valence-corrected chi connectivity index (χ0v) is 21.5. The van der Waals surface area contributed by atoms with Crippen LogP contribution in [0, 0.1) is 0 Å². The predicted molar refractivity (Wildman–Crippen MR) is 137 cm³/mol. The lowest BCUT2D eigenvalue weighted by molar-refractivity contribution is -0.144. The molecule has 0 spiro atoms. The van der Waals surface area contributed by atoms with Crippen LogP contribution in [-0.4, -0.2) is 37.1 Å². The summed E-state index contributed by atoms with van der Waals surface area (Å²) >= 11 is 0. The van der Waals surface area contributed by atoms with Gasteiger partial charge in [-0.05, 0) is 52.6 Å². The van der Waals surface area contributed by atoms with Crippen molar-refractivity contribution in [3.8, 4) is 0 Å². The Hall–Kier alpha value is -1.09. The maximum Gasteiger partial charge on any atom is 0.320 e. The lowest BCUT2D eigenvalue weighted by atomic mass is 10.1. The lowest BCUT2D eigenvalue weighted by Crippen LogP contribution is -2.33. The highest BCUT2D eigenvalue weighted by Crippen LogP contribution is 2.11. The molecule has 0 atom stereocenters. The minimum atomic E-state index is -0.0749. The third-order valence-electron chi connectivity index (χ3n) is 5.78. The van der Waals surface area contributed by atoms with Gasteiger partial charge in [0.15, 0.2) is 0 Å². The molecule has 0 unspecified atom stereocenters. The van der Waals surface area contributed by atoms with Gasteiger partial charge in [0.1, 0.15) is 0 Å². The van der Waals surface area contributed by atoms with E-state index in [2.05, 4.69) is 45.2 Å². The molecule has 0 aliphatic carbocycles. The smallest absolute Gasteiger partial charge is 0.320 e. The van der Waals surface area contributed by atoms with Gasteiger partial charge in [-0.25, -0.2) is 0 Å². The Morgan fingerprint density at radius 1 is 0.806 bits per heavy atom. The van der Waals surface area contributed by atoms with Crippen LogP contribution in [0.5, 0.6) is 0 Å². The second-order valence-electron chi connectivity index (χ2n) is 9.35. The normalized spacial score (nSPS) is 11.0. The highest BCUT2D eigenvalue weighted by atomic mass is 16.5. The Morgan fingerprint density at radius 3 is 1.84 bits per heavy atom. The third-order valence-corrected chi connectivity index (χ3v) is 5.78. The van der Waals surface area contributed by atoms with E-state index in [1.807, 2.05) is 0 Å². The number of hydrogen-bond acceptors (Lipinski definition) is 3. The Morgan fingerprint density at radius 2 is 1.32 bits per heavy atom. The highest BCUT2D eigenvalue weighted by Gasteiger charge is 2.12. The first kappa shape index (κ1) is 29.9. The fourth-order valence-corrected chi connectivity index (χ4v) is 3.73. The SMILES string of the molecule is C=C(CCC=C(C)C)CCOC(=O)CN(CCCCCCCC)CCCCCCCC. The summed E-state index contributed by atoms with van der Waals surface area (Å²) in [4.78, 5) is 14.7. The number of rotatable bonds is 22. The topological polar surface area (TPSA) is 29.5 Å². The minimum Gasteiger partial charge on any atom is -0.464 e. The van der Waals surface area contributed by atoms with Crippen LogP contribution in [0.3, 0.4) is 0 Å². The van der Waals surface area contributed by atoms with Crippen LogP contribution in [-0.2, 0) is 9.53 Å². The number of carbonyl (C=O) groups excluding carboxylic acids is 1. The molecule has 0 aromatic heterocycles. The molecule has 0 bridgehead atoms. The standard InChI is InChI=1S/C28H53NO2/c1-6-8-10-12-14-16-22-29(23-17-15-13-11-9-7-2)25-28(30)31-24-21-27(5)20-18-19-26(3)4/h19H,5-18,20-25H2,1-4H3. The molecule has 0 rings (SSSR count). The summed E-state index contributed by atoms with van der Waals surface area (Å²) in [6.45, 7) is 15.8. The first-order valence-electron chi connectivity index (χ1n) is 13.2. The number of esters is 1. The molecule has 0 aromatic carbocycles. The van der Waals surface area contributed by atoms with Crippen LogP contribution < -0.4 is 0 Å². The van der Waals surface area contributed by atoms with E-state index >= 15 is 0 Å². The van der Waals surface area contributed by atoms with Gasteiger partial charge in [0.25, 0.3) is 0 Å². The first-order valence-corrected chi connectivity index (χ1v) is 13.2. The Balaban J connectivity index is 4.17. The van der Waals surface area contributed by atoms with Crippen molar-refractivity contribution in [1.29, 1.82) is 0 Å². The highest BCUT2D eigenvalue weighted by molar-refractivity contribution is 5.71. The Labute approximate surface area is 194 Å². The van der Waals surface area contributed by atoms with Crippen molar-refractivity contribution in [2.45, 2.75) is 124 Å². The summed E-state index contributed by atoms with van der Waals surface area (Å²) in [6, 6.07) is 0. The molecule has 0 saturated heterocycles. The molecular formula is C28H53NO2. The molecule has 0 heterocycles. The predicted octanol–water partition coefficient (Wildman–Crippen LogP) is 8.25. The van der Waals surface area contributed by atoms with Crippen LogP contribution in [0.15, 0.2) is 23.8 Å². The quantitative estimate of drug-likeness (QED) is 0.0973. The number of unbranched alkanes of at least 4 members (excludes halogenated alkanes) is 10. The van der Waals surface area contributed by atoms with Gasteiger partial charge in [0.2, 0.25) is 0 Å². The van der Waals surface area contributed by atoms with Gasteiger partial charge in [-0.1, -0.05) is 102 Å². The maximum absolute atomic E-state index is 12.4. The van der Waals surface area contributed by atoms with E-state index in [1.165, 1.54) is 88.2 Å². The zero-order valence-electron chi connectivity index (χ0n) is 21.5. The van der Waals surface area contributed by atoms with E-state index in [1.54, 1.807) is 0 Å². The average molecular weight is 436 g/mol. The molecule has 0 radical (unpaired) electrons. The van der Waals surface area contributed by atoms with Crippen molar-refractivity contribution in [2.75, 3.05) is 26.2 Å². The van der Waals surface area contributed by atoms with Gasteiger partial charge >= 0.3 is 5.97 Å². The van der Waals surface area contributed by atoms with Crippen LogP contribution in [0.25, 0.3) is 0 Å². The van der Waals surface area contributed by atoms with E-state index < -0.39 is 0 Å². The van der Waals surface area contributed by atoms with Gasteiger partial charge in [-0.2, -0.15) is 0 Å². The first-order chi connectivity index (χ1) is 15.0. The largest absolute Gasteiger partial charge is 0.464 e. The molecule has 0 aliphatic heterocycles. The number of hydrogen-bond donors (Lipinski definition) is 0. The van der Waals surface area contributed by atoms with Crippen molar-refractivity contribution >= 4 is 5.97 Å². The van der Waals surface area contributed by atoms with Crippen molar-refractivity contribution in [3.05, 3.63) is 23.8 Å². The molecule has 0 saturated carbocycles. The van der Waals surface area contributed by atoms with Crippen molar-refractivity contribution in [2.24, 2.45) is 0 Å². The number of ether oxygens (including phenoxy) is 1. The van der Waals surface area contributed by atoms with E-state index in [0.717, 1.165) is 32.4 Å². The molecule has 3 heteroatoms. The molecular weight excluding hydrogens is 382 g/mol. The van der Waals surface area contributed by atoms with Gasteiger partial charge in [-0.15, -0.1) is 0 Å². The fourth-order valence-electron chi connectivity index (χ4n) is 3.73. The number of allylic oxidation sites excluding steroid dienone is 2. The molecule has 182 valence electrons. The fraction of sp³-hybridized carbons (Fsp3) is 0.821. The van der Waals surface area contributed by atoms with Crippen LogP contribution in [0.4, 0.5) is 0 Å². The third kappa shape index (κ3) is 21.9. The molecule has 0 N–H and O–H groups in total. The van der Waals surface area contributed by atoms with Crippen LogP contribution in [0.2, 0.25) is 0 Å². The molecule has 3 nitrogen and oxygen atoms in total. The second kappa shape index (κ2) is 22.1. The summed E-state index contributed by atoms with van der Waals surface area (Å²) in [5.74, 6) is -0.0749. The zero-order chi connectivity index (χ0) is 23.2. The second-order valence-corrected chi connectivity index (χ2v) is 9.35. The van der Waals surface area contributed by atoms with Gasteiger partial charge in [0, 0.05) is 6.42 Å². The van der Waals surface area contributed by atoms with Gasteiger partial charge in [-0.3, -0.25) is 9.69 Å². The number of carbonyl (C=O) groups is 1. The van der Waals surface area contributed by atoms with Gasteiger partial charge in [0.05, 0.1) is 13.2 Å².